The quantitative estimate of drug-likeness (QED) is 0.404. The molecule has 33 heavy (non-hydrogen) atoms. The van der Waals surface area contributed by atoms with Crippen molar-refractivity contribution >= 4 is 34.8 Å². The van der Waals surface area contributed by atoms with Crippen molar-refractivity contribution in [3.05, 3.63) is 80.1 Å². The lowest BCUT2D eigenvalue weighted by Crippen LogP contribution is -2.32. The Bertz CT molecular complexity index is 1260. The van der Waals surface area contributed by atoms with Crippen LogP contribution in [0.1, 0.15) is 17.3 Å². The van der Waals surface area contributed by atoms with E-state index in [-0.39, 0.29) is 21.3 Å². The first kappa shape index (κ1) is 24.5. The van der Waals surface area contributed by atoms with Gasteiger partial charge in [-0.3, -0.25) is 9.59 Å². The maximum Gasteiger partial charge on any atom is 0.425 e. The molecule has 0 saturated heterocycles. The van der Waals surface area contributed by atoms with Gasteiger partial charge in [-0.15, -0.1) is 0 Å². The third-order valence-electron chi connectivity index (χ3n) is 4.43. The van der Waals surface area contributed by atoms with Gasteiger partial charge in [-0.05, 0) is 43.3 Å². The Hall–Kier alpha value is -3.11. The van der Waals surface area contributed by atoms with Crippen LogP contribution in [0.5, 0.6) is 5.75 Å². The SMILES string of the molecule is CC(Oc1cc(-c2ccc(Cl)c(=O)[nH]2)c(F)cc1C(=O)Nc1c(F)cccc1Cl)C(F)(F)F. The summed E-state index contributed by atoms with van der Waals surface area (Å²) in [5.74, 6) is -3.85. The summed E-state index contributed by atoms with van der Waals surface area (Å²) in [5, 5.41) is 1.72. The van der Waals surface area contributed by atoms with E-state index in [0.29, 0.717) is 13.0 Å². The molecule has 0 saturated carbocycles. The molecule has 0 aliphatic carbocycles. The molecule has 1 unspecified atom stereocenters. The molecular formula is C21H13Cl2F5N2O3. The number of benzene rings is 2. The topological polar surface area (TPSA) is 71.2 Å². The van der Waals surface area contributed by atoms with Crippen molar-refractivity contribution in [1.29, 1.82) is 0 Å². The van der Waals surface area contributed by atoms with Gasteiger partial charge >= 0.3 is 6.18 Å². The van der Waals surface area contributed by atoms with E-state index in [4.69, 9.17) is 27.9 Å². The van der Waals surface area contributed by atoms with Gasteiger partial charge in [0, 0.05) is 5.56 Å². The van der Waals surface area contributed by atoms with E-state index in [1.54, 1.807) is 0 Å². The van der Waals surface area contributed by atoms with E-state index < -0.39 is 52.4 Å². The van der Waals surface area contributed by atoms with Crippen molar-refractivity contribution in [3.8, 4) is 17.0 Å². The van der Waals surface area contributed by atoms with Crippen molar-refractivity contribution in [1.82, 2.24) is 4.98 Å². The standard InChI is InChI=1S/C21H13Cl2F5N2O3/c1-9(21(26,27)28)33-17-8-10(16-6-5-13(23)20(32)29-16)15(25)7-11(17)19(31)30-18-12(22)3-2-4-14(18)24/h2-9H,1H3,(H,29,32)(H,30,31). The number of ether oxygens (including phenoxy) is 1. The average molecular weight is 507 g/mol. The Morgan fingerprint density at radius 3 is 2.36 bits per heavy atom. The zero-order valence-corrected chi connectivity index (χ0v) is 18.0. The van der Waals surface area contributed by atoms with Gasteiger partial charge < -0.3 is 15.0 Å². The number of pyridine rings is 1. The molecular weight excluding hydrogens is 494 g/mol. The molecule has 3 rings (SSSR count). The van der Waals surface area contributed by atoms with Crippen molar-refractivity contribution in [2.24, 2.45) is 0 Å². The minimum Gasteiger partial charge on any atom is -0.480 e. The molecule has 0 fully saturated rings. The first-order valence-corrected chi connectivity index (χ1v) is 9.85. The fourth-order valence-electron chi connectivity index (χ4n) is 2.70. The van der Waals surface area contributed by atoms with E-state index in [2.05, 4.69) is 10.3 Å². The molecule has 0 radical (unpaired) electrons. The van der Waals surface area contributed by atoms with Crippen molar-refractivity contribution < 1.29 is 31.5 Å². The average Bonchev–Trinajstić information content (AvgIpc) is 2.73. The van der Waals surface area contributed by atoms with Crippen LogP contribution in [0.25, 0.3) is 11.3 Å². The van der Waals surface area contributed by atoms with Gasteiger partial charge in [-0.2, -0.15) is 13.2 Å². The van der Waals surface area contributed by atoms with Gasteiger partial charge in [0.25, 0.3) is 11.5 Å². The molecule has 0 aliphatic heterocycles. The second-order valence-corrected chi connectivity index (χ2v) is 7.54. The third-order valence-corrected chi connectivity index (χ3v) is 5.04. The summed E-state index contributed by atoms with van der Waals surface area (Å²) >= 11 is 11.5. The molecule has 1 heterocycles. The monoisotopic (exact) mass is 506 g/mol. The first-order valence-electron chi connectivity index (χ1n) is 9.10. The van der Waals surface area contributed by atoms with Gasteiger partial charge in [0.2, 0.25) is 0 Å². The number of carbonyl (C=O) groups excluding carboxylic acids is 1. The predicted molar refractivity (Wildman–Crippen MR) is 113 cm³/mol. The zero-order chi connectivity index (χ0) is 24.5. The molecule has 12 heteroatoms. The van der Waals surface area contributed by atoms with E-state index >= 15 is 0 Å². The highest BCUT2D eigenvalue weighted by atomic mass is 35.5. The highest BCUT2D eigenvalue weighted by molar-refractivity contribution is 6.34. The highest BCUT2D eigenvalue weighted by Crippen LogP contribution is 2.34. The highest BCUT2D eigenvalue weighted by Gasteiger charge is 2.39. The van der Waals surface area contributed by atoms with Crippen molar-refractivity contribution in [3.63, 3.8) is 0 Å². The molecule has 0 bridgehead atoms. The van der Waals surface area contributed by atoms with E-state index in [1.807, 2.05) is 0 Å². The maximum atomic E-state index is 14.9. The Balaban J connectivity index is 2.11. The molecule has 2 aromatic carbocycles. The zero-order valence-electron chi connectivity index (χ0n) is 16.5. The number of hydrogen-bond donors (Lipinski definition) is 2. The van der Waals surface area contributed by atoms with Crippen LogP contribution in [0, 0.1) is 11.6 Å². The van der Waals surface area contributed by atoms with Crippen molar-refractivity contribution in [2.75, 3.05) is 5.32 Å². The van der Waals surface area contributed by atoms with Crippen LogP contribution < -0.4 is 15.6 Å². The normalized spacial score (nSPS) is 12.4. The number of nitrogens with one attached hydrogen (secondary N) is 2. The second-order valence-electron chi connectivity index (χ2n) is 6.73. The number of aromatic amines is 1. The van der Waals surface area contributed by atoms with Gasteiger partial charge in [-0.1, -0.05) is 29.3 Å². The minimum absolute atomic E-state index is 0.129. The summed E-state index contributed by atoms with van der Waals surface area (Å²) < 4.78 is 73.1. The summed E-state index contributed by atoms with van der Waals surface area (Å²) in [6, 6.07) is 7.33. The number of hydrogen-bond acceptors (Lipinski definition) is 3. The largest absolute Gasteiger partial charge is 0.480 e. The molecule has 1 amide bonds. The van der Waals surface area contributed by atoms with Gasteiger partial charge in [0.1, 0.15) is 22.4 Å². The summed E-state index contributed by atoms with van der Waals surface area (Å²) in [7, 11) is 0. The molecule has 5 nitrogen and oxygen atoms in total. The number of aromatic nitrogens is 1. The van der Waals surface area contributed by atoms with Crippen LogP contribution in [-0.4, -0.2) is 23.2 Å². The summed E-state index contributed by atoms with van der Waals surface area (Å²) in [5.41, 5.74) is -2.38. The Morgan fingerprint density at radius 1 is 1.06 bits per heavy atom. The Morgan fingerprint density at radius 2 is 1.76 bits per heavy atom. The first-order chi connectivity index (χ1) is 15.4. The molecule has 174 valence electrons. The molecule has 1 atom stereocenters. The number of para-hydroxylation sites is 1. The Labute approximate surface area is 193 Å². The van der Waals surface area contributed by atoms with Crippen LogP contribution in [0.4, 0.5) is 27.6 Å². The number of H-pyrrole nitrogens is 1. The number of halogens is 7. The second kappa shape index (κ2) is 9.40. The lowest BCUT2D eigenvalue weighted by Gasteiger charge is -2.21. The van der Waals surface area contributed by atoms with E-state index in [1.165, 1.54) is 18.2 Å². The fourth-order valence-corrected chi connectivity index (χ4v) is 3.02. The van der Waals surface area contributed by atoms with Gasteiger partial charge in [0.05, 0.1) is 22.0 Å². The van der Waals surface area contributed by atoms with Crippen LogP contribution in [0.2, 0.25) is 10.0 Å². The van der Waals surface area contributed by atoms with Gasteiger partial charge in [0.15, 0.2) is 6.10 Å². The minimum atomic E-state index is -4.81. The molecule has 1 aromatic heterocycles. The number of carbonyl (C=O) groups is 1. The predicted octanol–water partition coefficient (Wildman–Crippen LogP) is 6.21. The number of rotatable bonds is 5. The van der Waals surface area contributed by atoms with E-state index in [0.717, 1.165) is 18.2 Å². The number of alkyl halides is 3. The van der Waals surface area contributed by atoms with Crippen LogP contribution >= 0.6 is 23.2 Å². The lowest BCUT2D eigenvalue weighted by atomic mass is 10.0. The smallest absolute Gasteiger partial charge is 0.425 e. The number of anilines is 1. The molecule has 0 spiro atoms. The summed E-state index contributed by atoms with van der Waals surface area (Å²) in [4.78, 5) is 26.8. The molecule has 3 aromatic rings. The van der Waals surface area contributed by atoms with Crippen LogP contribution in [-0.2, 0) is 0 Å². The molecule has 2 N–H and O–H groups in total. The third kappa shape index (κ3) is 5.45. The lowest BCUT2D eigenvalue weighted by molar-refractivity contribution is -0.189. The molecule has 0 aliphatic rings. The fraction of sp³-hybridized carbons (Fsp3) is 0.143. The van der Waals surface area contributed by atoms with Crippen LogP contribution in [0.3, 0.4) is 0 Å². The summed E-state index contributed by atoms with van der Waals surface area (Å²) in [6.45, 7) is 0.683. The summed E-state index contributed by atoms with van der Waals surface area (Å²) in [6.07, 6.45) is -7.20. The number of amides is 1. The van der Waals surface area contributed by atoms with Crippen LogP contribution in [0.15, 0.2) is 47.3 Å². The van der Waals surface area contributed by atoms with Gasteiger partial charge in [-0.25, -0.2) is 8.78 Å². The van der Waals surface area contributed by atoms with Crippen molar-refractivity contribution in [2.45, 2.75) is 19.2 Å². The van der Waals surface area contributed by atoms with E-state index in [9.17, 15) is 31.5 Å². The Kier molecular flexibility index (Phi) is 6.99. The maximum absolute atomic E-state index is 14.9.